The van der Waals surface area contributed by atoms with Gasteiger partial charge in [0.15, 0.2) is 12.3 Å². The number of ketones is 1. The molecule has 2 amide bonds. The van der Waals surface area contributed by atoms with Gasteiger partial charge in [0.1, 0.15) is 45.8 Å². The second-order valence-electron chi connectivity index (χ2n) is 14.9. The van der Waals surface area contributed by atoms with Crippen molar-refractivity contribution in [3.63, 3.8) is 0 Å². The van der Waals surface area contributed by atoms with Crippen LogP contribution in [0.1, 0.15) is 40.9 Å². The number of hydrogen-bond acceptors (Lipinski definition) is 6. The summed E-state index contributed by atoms with van der Waals surface area (Å²) in [6.45, 7) is 10.6. The number of aliphatic carboxylic acids is 1. The zero-order chi connectivity index (χ0) is 34.4. The maximum absolute atomic E-state index is 13.7. The molecule has 4 atom stereocenters. The third kappa shape index (κ3) is 4.80. The first-order valence-electron chi connectivity index (χ1n) is 17.2. The fraction of sp³-hybridized carbons (Fsp3) is 0.385. The van der Waals surface area contributed by atoms with Crippen molar-refractivity contribution in [3.05, 3.63) is 94.7 Å². The summed E-state index contributed by atoms with van der Waals surface area (Å²) in [4.78, 5) is 55.2. The smallest absolute Gasteiger partial charge is 0.281 e. The number of amides is 2. The van der Waals surface area contributed by atoms with Crippen molar-refractivity contribution in [2.45, 2.75) is 32.5 Å². The Bertz CT molecular complexity index is 1940. The molecule has 10 nitrogen and oxygen atoms in total. The topological polar surface area (TPSA) is 118 Å². The third-order valence-electron chi connectivity index (χ3n) is 12.2. The van der Waals surface area contributed by atoms with E-state index < -0.39 is 29.9 Å². The Hall–Kier alpha value is -4.64. The number of carbonyl (C=O) groups is 4. The molecule has 0 spiro atoms. The SMILES string of the molecule is C[C@@H](O)[C@H]1C(=O)N2C(C(=O)[O-])=C(c3ccc4c(c3)-c3ccc(C[N+]56CC[N+](CC(=O)N(C)c7ccccc7)(CC5)CC6)cc3C4=O)[C@H](C)[C@H]12. The van der Waals surface area contributed by atoms with E-state index in [4.69, 9.17) is 0 Å². The maximum atomic E-state index is 13.7. The maximum Gasteiger partial charge on any atom is 0.281 e. The van der Waals surface area contributed by atoms with Crippen LogP contribution >= 0.6 is 0 Å². The summed E-state index contributed by atoms with van der Waals surface area (Å²) in [5.74, 6) is -2.72. The van der Waals surface area contributed by atoms with Crippen LogP contribution in [0, 0.1) is 11.8 Å². The number of aliphatic hydroxyl groups is 1. The fourth-order valence-electron chi connectivity index (χ4n) is 9.33. The number of anilines is 1. The van der Waals surface area contributed by atoms with Gasteiger partial charge in [-0.15, -0.1) is 0 Å². The number of para-hydroxylation sites is 1. The van der Waals surface area contributed by atoms with E-state index in [1.165, 1.54) is 4.90 Å². The van der Waals surface area contributed by atoms with Gasteiger partial charge >= 0.3 is 0 Å². The Kier molecular flexibility index (Phi) is 7.22. The molecule has 3 aromatic carbocycles. The van der Waals surface area contributed by atoms with Gasteiger partial charge in [-0.25, -0.2) is 0 Å². The molecule has 0 saturated carbocycles. The lowest BCUT2D eigenvalue weighted by Gasteiger charge is -2.55. The molecule has 49 heavy (non-hydrogen) atoms. The van der Waals surface area contributed by atoms with Gasteiger partial charge in [0.2, 0.25) is 5.91 Å². The van der Waals surface area contributed by atoms with E-state index in [-0.39, 0.29) is 23.3 Å². The van der Waals surface area contributed by atoms with E-state index in [1.54, 1.807) is 24.0 Å². The number of rotatable bonds is 8. The molecule has 10 heteroatoms. The highest BCUT2D eigenvalue weighted by Crippen LogP contribution is 2.51. The highest BCUT2D eigenvalue weighted by atomic mass is 16.4. The van der Waals surface area contributed by atoms with Gasteiger partial charge in [0.25, 0.3) is 5.91 Å². The lowest BCUT2D eigenvalue weighted by Crippen LogP contribution is -2.75. The van der Waals surface area contributed by atoms with Gasteiger partial charge in [-0.1, -0.05) is 43.3 Å². The van der Waals surface area contributed by atoms with Crippen molar-refractivity contribution in [1.82, 2.24) is 4.90 Å². The van der Waals surface area contributed by atoms with E-state index in [0.717, 1.165) is 77.2 Å². The van der Waals surface area contributed by atoms with Crippen molar-refractivity contribution in [1.29, 1.82) is 0 Å². The first-order valence-corrected chi connectivity index (χ1v) is 17.2. The van der Waals surface area contributed by atoms with Crippen LogP contribution in [0.4, 0.5) is 5.69 Å². The summed E-state index contributed by atoms with van der Waals surface area (Å²) >= 11 is 0. The fourth-order valence-corrected chi connectivity index (χ4v) is 9.33. The van der Waals surface area contributed by atoms with Crippen LogP contribution in [0.3, 0.4) is 0 Å². The number of carboxylic acid groups (broad SMARTS) is 1. The Balaban J connectivity index is 1.00. The standard InChI is InChI=1S/C39H41N4O6/c1-23-33(36(39(48)49)41-35(23)34(24(2)44)38(41)47)26-10-12-29-30(20-26)28-11-9-25(19-31(28)37(29)46)21-42-13-16-43(17-14-42,18-15-42)22-32(45)40(3)27-7-5-4-6-8-27/h4-12,19-20,23-24,34-35,44H,13-18,21-22H2,1-3H3/q+1/t23-,24+,34+,35+,42?,43?/m0/s1. The second kappa shape index (κ2) is 11.2. The van der Waals surface area contributed by atoms with Crippen LogP contribution in [0.25, 0.3) is 16.7 Å². The number of β-lactam (4-membered cyclic amide) rings is 1. The quantitative estimate of drug-likeness (QED) is 0.228. The number of fused-ring (bicyclic) bond motifs is 7. The highest BCUT2D eigenvalue weighted by Gasteiger charge is 2.59. The van der Waals surface area contributed by atoms with Gasteiger partial charge in [-0.3, -0.25) is 14.4 Å². The molecular formula is C39H41N4O6+. The monoisotopic (exact) mass is 661 g/mol. The van der Waals surface area contributed by atoms with Gasteiger partial charge in [-0.05, 0) is 59.5 Å². The van der Waals surface area contributed by atoms with Crippen molar-refractivity contribution in [2.24, 2.45) is 11.8 Å². The molecule has 0 aromatic heterocycles. The molecule has 0 radical (unpaired) electrons. The molecule has 5 heterocycles. The van der Waals surface area contributed by atoms with Crippen LogP contribution < -0.4 is 10.0 Å². The molecule has 3 aromatic rings. The van der Waals surface area contributed by atoms with Crippen LogP contribution in [0.15, 0.2) is 72.4 Å². The van der Waals surface area contributed by atoms with Crippen LogP contribution in [-0.4, -0.2) is 108 Å². The van der Waals surface area contributed by atoms with Gasteiger partial charge < -0.3 is 33.8 Å². The number of aliphatic hydroxyl groups excluding tert-OH is 1. The van der Waals surface area contributed by atoms with Gasteiger partial charge in [0.05, 0.1) is 29.7 Å². The largest absolute Gasteiger partial charge is 0.543 e. The van der Waals surface area contributed by atoms with Crippen LogP contribution in [0.5, 0.6) is 0 Å². The van der Waals surface area contributed by atoms with Gasteiger partial charge in [-0.2, -0.15) is 0 Å². The second-order valence-corrected chi connectivity index (χ2v) is 14.9. The first-order chi connectivity index (χ1) is 23.4. The Morgan fingerprint density at radius 1 is 0.898 bits per heavy atom. The summed E-state index contributed by atoms with van der Waals surface area (Å²) in [5.41, 5.74) is 5.81. The number of nitrogens with zero attached hydrogens (tertiary/aromatic N) is 4. The zero-order valence-corrected chi connectivity index (χ0v) is 28.1. The average molecular weight is 662 g/mol. The number of likely N-dealkylation sites (N-methyl/N-ethyl adjacent to an activating group) is 1. The minimum absolute atomic E-state index is 0.0471. The number of benzene rings is 3. The molecule has 1 N–H and O–H groups in total. The van der Waals surface area contributed by atoms with Crippen molar-refractivity contribution in [2.75, 3.05) is 57.8 Å². The summed E-state index contributed by atoms with van der Waals surface area (Å²) in [6, 6.07) is 20.9. The van der Waals surface area contributed by atoms with E-state index in [9.17, 15) is 29.4 Å². The van der Waals surface area contributed by atoms with E-state index >= 15 is 0 Å². The summed E-state index contributed by atoms with van der Waals surface area (Å²) in [5, 5.41) is 22.6. The predicted molar refractivity (Wildman–Crippen MR) is 180 cm³/mol. The van der Waals surface area contributed by atoms with E-state index in [0.29, 0.717) is 28.8 Å². The Morgan fingerprint density at radius 3 is 2.20 bits per heavy atom. The molecular weight excluding hydrogens is 620 g/mol. The summed E-state index contributed by atoms with van der Waals surface area (Å²) < 4.78 is 1.78. The number of quaternary nitrogens is 2. The number of carboxylic acids is 1. The van der Waals surface area contributed by atoms with Crippen molar-refractivity contribution >= 4 is 34.8 Å². The molecule has 6 aliphatic rings. The minimum atomic E-state index is -1.42. The summed E-state index contributed by atoms with van der Waals surface area (Å²) in [6.07, 6.45) is -0.893. The molecule has 0 unspecified atom stereocenters. The number of piperazine rings is 3. The lowest BCUT2D eigenvalue weighted by atomic mass is 9.76. The van der Waals surface area contributed by atoms with E-state index in [1.807, 2.05) is 62.5 Å². The average Bonchev–Trinajstić information content (AvgIpc) is 3.52. The van der Waals surface area contributed by atoms with Crippen LogP contribution in [0.2, 0.25) is 0 Å². The summed E-state index contributed by atoms with van der Waals surface area (Å²) in [7, 11) is 1.85. The van der Waals surface area contributed by atoms with Gasteiger partial charge in [0, 0.05) is 35.3 Å². The molecule has 5 aliphatic heterocycles. The lowest BCUT2D eigenvalue weighted by molar-refractivity contribution is -1.08. The molecule has 9 rings (SSSR count). The first kappa shape index (κ1) is 31.6. The third-order valence-corrected chi connectivity index (χ3v) is 12.2. The molecule has 252 valence electrons. The number of carbonyl (C=O) groups excluding carboxylic acids is 4. The zero-order valence-electron chi connectivity index (χ0n) is 28.1. The normalized spacial score (nSPS) is 28.6. The Labute approximate surface area is 285 Å². The van der Waals surface area contributed by atoms with Crippen LogP contribution in [-0.2, 0) is 20.9 Å². The Morgan fingerprint density at radius 2 is 1.55 bits per heavy atom. The molecule has 4 fully saturated rings. The molecule has 4 saturated heterocycles. The van der Waals surface area contributed by atoms with Crippen molar-refractivity contribution in [3.8, 4) is 11.1 Å². The minimum Gasteiger partial charge on any atom is -0.543 e. The highest BCUT2D eigenvalue weighted by molar-refractivity contribution is 6.22. The predicted octanol–water partition coefficient (Wildman–Crippen LogP) is 2.04. The molecule has 2 bridgehead atoms. The number of hydrogen-bond donors (Lipinski definition) is 1. The van der Waals surface area contributed by atoms with Crippen molar-refractivity contribution < 1.29 is 38.4 Å². The molecule has 1 aliphatic carbocycles. The van der Waals surface area contributed by atoms with E-state index in [2.05, 4.69) is 6.07 Å².